The lowest BCUT2D eigenvalue weighted by atomic mass is 9.71. The molecule has 2 aliphatic heterocycles. The number of fused-ring (bicyclic) bond motifs is 1. The average molecular weight is 311 g/mol. The Morgan fingerprint density at radius 3 is 2.83 bits per heavy atom. The second-order valence-corrected chi connectivity index (χ2v) is 7.06. The minimum Gasteiger partial charge on any atom is -0.485 e. The van der Waals surface area contributed by atoms with E-state index in [4.69, 9.17) is 9.47 Å². The Morgan fingerprint density at radius 1 is 1.28 bits per heavy atom. The van der Waals surface area contributed by atoms with Crippen LogP contribution in [-0.2, 0) is 10.2 Å². The first-order chi connectivity index (χ1) is 8.51. The third-order valence-corrected chi connectivity index (χ3v) is 4.54. The van der Waals surface area contributed by atoms with Crippen molar-refractivity contribution in [2.45, 2.75) is 44.1 Å². The van der Waals surface area contributed by atoms with Gasteiger partial charge in [0, 0.05) is 16.6 Å². The van der Waals surface area contributed by atoms with Gasteiger partial charge in [-0.15, -0.1) is 0 Å². The van der Waals surface area contributed by atoms with Crippen molar-refractivity contribution in [2.24, 2.45) is 0 Å². The van der Waals surface area contributed by atoms with Crippen molar-refractivity contribution in [1.82, 2.24) is 0 Å². The molecule has 0 N–H and O–H groups in total. The largest absolute Gasteiger partial charge is 0.485 e. The zero-order valence-corrected chi connectivity index (χ0v) is 12.5. The van der Waals surface area contributed by atoms with Gasteiger partial charge in [0.1, 0.15) is 11.4 Å². The first-order valence-electron chi connectivity index (χ1n) is 6.58. The molecule has 2 aliphatic rings. The molecule has 1 fully saturated rings. The van der Waals surface area contributed by atoms with E-state index in [-0.39, 0.29) is 11.0 Å². The first-order valence-corrected chi connectivity index (χ1v) is 7.37. The summed E-state index contributed by atoms with van der Waals surface area (Å²) in [6.07, 6.45) is 3.23. The number of halogens is 1. The van der Waals surface area contributed by atoms with E-state index < -0.39 is 0 Å². The van der Waals surface area contributed by atoms with E-state index in [0.29, 0.717) is 0 Å². The lowest BCUT2D eigenvalue weighted by molar-refractivity contribution is -0.0912. The molecule has 2 nitrogen and oxygen atoms in total. The lowest BCUT2D eigenvalue weighted by Gasteiger charge is -2.47. The number of hydrogen-bond acceptors (Lipinski definition) is 2. The zero-order valence-electron chi connectivity index (χ0n) is 11.0. The summed E-state index contributed by atoms with van der Waals surface area (Å²) in [5, 5.41) is 0. The van der Waals surface area contributed by atoms with E-state index in [1.807, 2.05) is 0 Å². The SMILES string of the molecule is CC1(C)CC2(CCCOC2)Oc2ccc(Br)cc21. The Balaban J connectivity index is 2.02. The fourth-order valence-corrected chi connectivity index (χ4v) is 3.70. The third-order valence-electron chi connectivity index (χ3n) is 4.05. The maximum Gasteiger partial charge on any atom is 0.133 e. The topological polar surface area (TPSA) is 18.5 Å². The van der Waals surface area contributed by atoms with Crippen molar-refractivity contribution in [2.75, 3.05) is 13.2 Å². The van der Waals surface area contributed by atoms with E-state index in [0.717, 1.165) is 42.7 Å². The molecule has 0 saturated carbocycles. The van der Waals surface area contributed by atoms with Crippen LogP contribution in [0.4, 0.5) is 0 Å². The van der Waals surface area contributed by atoms with Crippen LogP contribution in [0.5, 0.6) is 5.75 Å². The van der Waals surface area contributed by atoms with Gasteiger partial charge in [0.05, 0.1) is 6.61 Å². The molecule has 2 heterocycles. The molecule has 1 atom stereocenters. The van der Waals surface area contributed by atoms with Gasteiger partial charge < -0.3 is 9.47 Å². The van der Waals surface area contributed by atoms with Crippen LogP contribution in [0.1, 0.15) is 38.7 Å². The number of ether oxygens (including phenoxy) is 2. The summed E-state index contributed by atoms with van der Waals surface area (Å²) in [5.74, 6) is 1.03. The predicted octanol–water partition coefficient (Wildman–Crippen LogP) is 4.06. The molecule has 1 saturated heterocycles. The van der Waals surface area contributed by atoms with Crippen LogP contribution >= 0.6 is 15.9 Å². The highest BCUT2D eigenvalue weighted by atomic mass is 79.9. The van der Waals surface area contributed by atoms with Gasteiger partial charge >= 0.3 is 0 Å². The molecule has 0 amide bonds. The lowest BCUT2D eigenvalue weighted by Crippen LogP contribution is -2.51. The van der Waals surface area contributed by atoms with Gasteiger partial charge in [-0.05, 0) is 42.9 Å². The van der Waals surface area contributed by atoms with Crippen molar-refractivity contribution in [3.63, 3.8) is 0 Å². The first kappa shape index (κ1) is 12.5. The van der Waals surface area contributed by atoms with Crippen LogP contribution in [0.3, 0.4) is 0 Å². The van der Waals surface area contributed by atoms with Gasteiger partial charge in [0.2, 0.25) is 0 Å². The summed E-state index contributed by atoms with van der Waals surface area (Å²) in [5.41, 5.74) is 1.33. The van der Waals surface area contributed by atoms with Crippen LogP contribution in [0.25, 0.3) is 0 Å². The molecule has 0 aromatic heterocycles. The molecule has 1 aromatic carbocycles. The fourth-order valence-electron chi connectivity index (χ4n) is 3.34. The van der Waals surface area contributed by atoms with Gasteiger partial charge in [0.25, 0.3) is 0 Å². The van der Waals surface area contributed by atoms with E-state index >= 15 is 0 Å². The number of benzene rings is 1. The summed E-state index contributed by atoms with van der Waals surface area (Å²) in [4.78, 5) is 0. The summed E-state index contributed by atoms with van der Waals surface area (Å²) < 4.78 is 13.1. The van der Waals surface area contributed by atoms with Crippen LogP contribution in [0, 0.1) is 0 Å². The zero-order chi connectivity index (χ0) is 12.8. The molecular formula is C15H19BrO2. The smallest absolute Gasteiger partial charge is 0.133 e. The molecular weight excluding hydrogens is 292 g/mol. The summed E-state index contributed by atoms with van der Waals surface area (Å²) >= 11 is 3.55. The number of rotatable bonds is 0. The van der Waals surface area contributed by atoms with Gasteiger partial charge in [-0.1, -0.05) is 29.8 Å². The van der Waals surface area contributed by atoms with Crippen LogP contribution in [0.15, 0.2) is 22.7 Å². The Labute approximate surface area is 117 Å². The molecule has 3 heteroatoms. The van der Waals surface area contributed by atoms with Crippen LogP contribution < -0.4 is 4.74 Å². The van der Waals surface area contributed by atoms with Crippen molar-refractivity contribution in [1.29, 1.82) is 0 Å². The van der Waals surface area contributed by atoms with E-state index in [1.54, 1.807) is 0 Å². The summed E-state index contributed by atoms with van der Waals surface area (Å²) in [6, 6.07) is 6.32. The second kappa shape index (κ2) is 4.24. The van der Waals surface area contributed by atoms with Crippen LogP contribution in [0.2, 0.25) is 0 Å². The van der Waals surface area contributed by atoms with Crippen LogP contribution in [-0.4, -0.2) is 18.8 Å². The minimum atomic E-state index is -0.109. The van der Waals surface area contributed by atoms with Crippen molar-refractivity contribution < 1.29 is 9.47 Å². The molecule has 98 valence electrons. The Bertz CT molecular complexity index is 462. The maximum atomic E-state index is 6.31. The van der Waals surface area contributed by atoms with E-state index in [1.165, 1.54) is 5.56 Å². The molecule has 18 heavy (non-hydrogen) atoms. The molecule has 3 rings (SSSR count). The van der Waals surface area contributed by atoms with Gasteiger partial charge in [-0.2, -0.15) is 0 Å². The predicted molar refractivity (Wildman–Crippen MR) is 75.2 cm³/mol. The third kappa shape index (κ3) is 2.08. The maximum absolute atomic E-state index is 6.31. The second-order valence-electron chi connectivity index (χ2n) is 6.14. The Kier molecular flexibility index (Phi) is 2.94. The van der Waals surface area contributed by atoms with Crippen molar-refractivity contribution >= 4 is 15.9 Å². The molecule has 1 aromatic rings. The monoisotopic (exact) mass is 310 g/mol. The Morgan fingerprint density at radius 2 is 2.11 bits per heavy atom. The van der Waals surface area contributed by atoms with Gasteiger partial charge in [0.15, 0.2) is 0 Å². The summed E-state index contributed by atoms with van der Waals surface area (Å²) in [6.45, 7) is 6.21. The molecule has 1 unspecified atom stereocenters. The standard InChI is InChI=1S/C15H19BrO2/c1-14(2)9-15(6-3-7-17-10-15)18-13-5-4-11(16)8-12(13)14/h4-5,8H,3,6-7,9-10H2,1-2H3. The van der Waals surface area contributed by atoms with Crippen molar-refractivity contribution in [3.05, 3.63) is 28.2 Å². The highest BCUT2D eigenvalue weighted by Crippen LogP contribution is 2.47. The van der Waals surface area contributed by atoms with E-state index in [9.17, 15) is 0 Å². The van der Waals surface area contributed by atoms with Gasteiger partial charge in [-0.3, -0.25) is 0 Å². The fraction of sp³-hybridized carbons (Fsp3) is 0.600. The normalized spacial score (nSPS) is 29.7. The molecule has 0 radical (unpaired) electrons. The molecule has 0 bridgehead atoms. The number of hydrogen-bond donors (Lipinski definition) is 0. The minimum absolute atomic E-state index is 0.109. The summed E-state index contributed by atoms with van der Waals surface area (Å²) in [7, 11) is 0. The average Bonchev–Trinajstić information content (AvgIpc) is 2.31. The molecule has 1 spiro atoms. The quantitative estimate of drug-likeness (QED) is 0.719. The van der Waals surface area contributed by atoms with Crippen molar-refractivity contribution in [3.8, 4) is 5.75 Å². The Hall–Kier alpha value is -0.540. The molecule has 0 aliphatic carbocycles. The van der Waals surface area contributed by atoms with Gasteiger partial charge in [-0.25, -0.2) is 0 Å². The van der Waals surface area contributed by atoms with E-state index in [2.05, 4.69) is 48.0 Å². The highest BCUT2D eigenvalue weighted by Gasteiger charge is 2.46. The highest BCUT2D eigenvalue weighted by molar-refractivity contribution is 9.10.